The Kier molecular flexibility index (Phi) is 6.96. The Bertz CT molecular complexity index is 1160. The summed E-state index contributed by atoms with van der Waals surface area (Å²) in [5, 5.41) is 5.41. The van der Waals surface area contributed by atoms with Crippen LogP contribution >= 0.6 is 0 Å². The van der Waals surface area contributed by atoms with Crippen molar-refractivity contribution in [2.75, 3.05) is 11.9 Å². The number of nitrogens with one attached hydrogen (secondary N) is 2. The highest BCUT2D eigenvalue weighted by molar-refractivity contribution is 6.40. The molecule has 1 fully saturated rings. The van der Waals surface area contributed by atoms with Crippen LogP contribution in [-0.4, -0.2) is 46.4 Å². The minimum Gasteiger partial charge on any atom is -0.343 e. The van der Waals surface area contributed by atoms with Gasteiger partial charge in [0.05, 0.1) is 24.5 Å². The zero-order valence-corrected chi connectivity index (χ0v) is 18.6. The van der Waals surface area contributed by atoms with E-state index < -0.39 is 36.0 Å². The Hall–Kier alpha value is -4.07. The number of rotatable bonds is 5. The zero-order chi connectivity index (χ0) is 24.1. The fraction of sp³-hybridized carbons (Fsp3) is 0.231. The number of anilines is 1. The summed E-state index contributed by atoms with van der Waals surface area (Å²) >= 11 is 0. The van der Waals surface area contributed by atoms with Crippen molar-refractivity contribution in [3.63, 3.8) is 0 Å². The Labute approximate surface area is 197 Å². The molecular formula is C26H25FN4O3. The first kappa shape index (κ1) is 23.1. The maximum atomic E-state index is 14.3. The number of likely N-dealkylation sites (tertiary alicyclic amines) is 1. The van der Waals surface area contributed by atoms with Crippen LogP contribution in [0.5, 0.6) is 0 Å². The maximum Gasteiger partial charge on any atom is 0.313 e. The molecular weight excluding hydrogens is 435 g/mol. The third kappa shape index (κ3) is 5.28. The number of amides is 3. The molecule has 2 aromatic carbocycles. The predicted molar refractivity (Wildman–Crippen MR) is 125 cm³/mol. The van der Waals surface area contributed by atoms with Gasteiger partial charge in [-0.3, -0.25) is 19.4 Å². The molecule has 0 unspecified atom stereocenters. The van der Waals surface area contributed by atoms with Crippen LogP contribution in [0.4, 0.5) is 10.1 Å². The van der Waals surface area contributed by atoms with Crippen LogP contribution in [0.15, 0.2) is 79.1 Å². The first-order valence-corrected chi connectivity index (χ1v) is 11.0. The van der Waals surface area contributed by atoms with Gasteiger partial charge in [-0.05, 0) is 30.2 Å². The lowest BCUT2D eigenvalue weighted by Gasteiger charge is -2.26. The molecule has 34 heavy (non-hydrogen) atoms. The summed E-state index contributed by atoms with van der Waals surface area (Å²) in [5.74, 6) is -2.43. The number of nitrogens with zero attached hydrogens (tertiary/aromatic N) is 2. The normalized spacial score (nSPS) is 18.2. The minimum atomic E-state index is -1.40. The van der Waals surface area contributed by atoms with Gasteiger partial charge in [0.2, 0.25) is 5.91 Å². The minimum absolute atomic E-state index is 0.173. The summed E-state index contributed by atoms with van der Waals surface area (Å²) in [6.45, 7) is 1.65. The van der Waals surface area contributed by atoms with E-state index in [9.17, 15) is 18.8 Å². The summed E-state index contributed by atoms with van der Waals surface area (Å²) in [6, 6.07) is 18.7. The lowest BCUT2D eigenvalue weighted by atomic mass is 9.97. The van der Waals surface area contributed by atoms with Crippen molar-refractivity contribution >= 4 is 23.4 Å². The second kappa shape index (κ2) is 10.2. The van der Waals surface area contributed by atoms with Crippen LogP contribution < -0.4 is 10.6 Å². The van der Waals surface area contributed by atoms with Crippen LogP contribution in [0.2, 0.25) is 0 Å². The first-order chi connectivity index (χ1) is 16.4. The molecule has 7 nitrogen and oxygen atoms in total. The smallest absolute Gasteiger partial charge is 0.313 e. The van der Waals surface area contributed by atoms with E-state index in [4.69, 9.17) is 0 Å². The molecule has 3 amide bonds. The summed E-state index contributed by atoms with van der Waals surface area (Å²) in [5.41, 5.74) is 3.12. The van der Waals surface area contributed by atoms with Crippen LogP contribution in [0.25, 0.3) is 0 Å². The van der Waals surface area contributed by atoms with E-state index >= 15 is 0 Å². The molecule has 4 rings (SSSR count). The summed E-state index contributed by atoms with van der Waals surface area (Å²) < 4.78 is 14.3. The maximum absolute atomic E-state index is 14.3. The average molecular weight is 461 g/mol. The van der Waals surface area contributed by atoms with Crippen LogP contribution in [0, 0.1) is 6.92 Å². The van der Waals surface area contributed by atoms with Gasteiger partial charge in [0, 0.05) is 12.6 Å². The Morgan fingerprint density at radius 3 is 2.38 bits per heavy atom. The molecule has 2 heterocycles. The van der Waals surface area contributed by atoms with Crippen molar-refractivity contribution in [2.45, 2.75) is 31.6 Å². The number of carbonyl (C=O) groups excluding carboxylic acids is 3. The quantitative estimate of drug-likeness (QED) is 0.572. The molecule has 0 radical (unpaired) electrons. The highest BCUT2D eigenvalue weighted by Crippen LogP contribution is 2.26. The number of carbonyl (C=O) groups is 3. The summed E-state index contributed by atoms with van der Waals surface area (Å²) in [6.07, 6.45) is 1.35. The molecule has 3 atom stereocenters. The second-order valence-corrected chi connectivity index (χ2v) is 8.27. The molecule has 0 bridgehead atoms. The first-order valence-electron chi connectivity index (χ1n) is 11.0. The van der Waals surface area contributed by atoms with Crippen molar-refractivity contribution in [2.24, 2.45) is 0 Å². The van der Waals surface area contributed by atoms with Crippen LogP contribution in [0.1, 0.15) is 29.2 Å². The van der Waals surface area contributed by atoms with Gasteiger partial charge in [-0.2, -0.15) is 0 Å². The molecule has 0 aliphatic carbocycles. The summed E-state index contributed by atoms with van der Waals surface area (Å²) in [7, 11) is 0. The van der Waals surface area contributed by atoms with E-state index in [0.717, 1.165) is 21.6 Å². The lowest BCUT2D eigenvalue weighted by Crippen LogP contribution is -2.50. The van der Waals surface area contributed by atoms with Crippen molar-refractivity contribution < 1.29 is 18.8 Å². The molecule has 1 aliphatic heterocycles. The van der Waals surface area contributed by atoms with Crippen molar-refractivity contribution in [3.05, 3.63) is 95.8 Å². The Balaban J connectivity index is 1.53. The van der Waals surface area contributed by atoms with Gasteiger partial charge in [0.15, 0.2) is 0 Å². The molecule has 0 spiro atoms. The van der Waals surface area contributed by atoms with E-state index in [2.05, 4.69) is 15.6 Å². The van der Waals surface area contributed by atoms with Gasteiger partial charge in [0.25, 0.3) is 0 Å². The number of alkyl halides is 1. The number of hydrogen-bond acceptors (Lipinski definition) is 4. The Morgan fingerprint density at radius 2 is 1.71 bits per heavy atom. The molecule has 174 valence electrons. The summed E-state index contributed by atoms with van der Waals surface area (Å²) in [4.78, 5) is 43.5. The number of benzene rings is 2. The van der Waals surface area contributed by atoms with Gasteiger partial charge in [-0.25, -0.2) is 4.39 Å². The van der Waals surface area contributed by atoms with Gasteiger partial charge in [-0.15, -0.1) is 0 Å². The predicted octanol–water partition coefficient (Wildman–Crippen LogP) is 3.17. The van der Waals surface area contributed by atoms with E-state index in [-0.39, 0.29) is 13.0 Å². The topological polar surface area (TPSA) is 91.4 Å². The standard InChI is InChI=1S/C26H25FN4O3/c1-17-9-11-19(12-10-17)23(18-6-3-2-4-7-18)30-24(32)22-14-20(27)16-31(22)26(34)25(33)29-21-8-5-13-28-15-21/h2-13,15,20,22-23H,14,16H2,1H3,(H,29,33)(H,30,32)/t20-,22+,23+/m1/s1. The largest absolute Gasteiger partial charge is 0.343 e. The molecule has 1 aromatic heterocycles. The SMILES string of the molecule is Cc1ccc([C@@H](NC(=O)[C@@H]2C[C@@H](F)CN2C(=O)C(=O)Nc2cccnc2)c2ccccc2)cc1. The molecule has 8 heteroatoms. The molecule has 1 saturated heterocycles. The van der Waals surface area contributed by atoms with Gasteiger partial charge < -0.3 is 15.5 Å². The van der Waals surface area contributed by atoms with Crippen LogP contribution in [0.3, 0.4) is 0 Å². The average Bonchev–Trinajstić information content (AvgIpc) is 3.25. The van der Waals surface area contributed by atoms with E-state index in [1.807, 2.05) is 61.5 Å². The Morgan fingerprint density at radius 1 is 1.00 bits per heavy atom. The highest BCUT2D eigenvalue weighted by atomic mass is 19.1. The van der Waals surface area contributed by atoms with Crippen molar-refractivity contribution in [1.29, 1.82) is 0 Å². The molecule has 1 aliphatic rings. The fourth-order valence-corrected chi connectivity index (χ4v) is 4.01. The second-order valence-electron chi connectivity index (χ2n) is 8.27. The number of hydrogen-bond donors (Lipinski definition) is 2. The van der Waals surface area contributed by atoms with Gasteiger partial charge in [-0.1, -0.05) is 60.2 Å². The number of aryl methyl sites for hydroxylation is 1. The number of halogens is 1. The monoisotopic (exact) mass is 460 g/mol. The molecule has 2 N–H and O–H groups in total. The molecule has 3 aromatic rings. The van der Waals surface area contributed by atoms with Crippen molar-refractivity contribution in [3.8, 4) is 0 Å². The van der Waals surface area contributed by atoms with E-state index in [0.29, 0.717) is 5.69 Å². The third-order valence-electron chi connectivity index (χ3n) is 5.76. The lowest BCUT2D eigenvalue weighted by molar-refractivity contribution is -0.146. The van der Waals surface area contributed by atoms with Gasteiger partial charge in [0.1, 0.15) is 12.2 Å². The number of pyridine rings is 1. The van der Waals surface area contributed by atoms with Crippen molar-refractivity contribution in [1.82, 2.24) is 15.2 Å². The van der Waals surface area contributed by atoms with Gasteiger partial charge >= 0.3 is 11.8 Å². The zero-order valence-electron chi connectivity index (χ0n) is 18.6. The number of aromatic nitrogens is 1. The van der Waals surface area contributed by atoms with E-state index in [1.54, 1.807) is 12.1 Å². The fourth-order valence-electron chi connectivity index (χ4n) is 4.01. The molecule has 0 saturated carbocycles. The highest BCUT2D eigenvalue weighted by Gasteiger charge is 2.42. The third-order valence-corrected chi connectivity index (χ3v) is 5.76. The van der Waals surface area contributed by atoms with Crippen LogP contribution in [-0.2, 0) is 14.4 Å². The van der Waals surface area contributed by atoms with E-state index in [1.165, 1.54) is 12.4 Å².